The molecule has 1 aliphatic heterocycles. The van der Waals surface area contributed by atoms with Crippen molar-refractivity contribution in [1.29, 1.82) is 0 Å². The highest BCUT2D eigenvalue weighted by Gasteiger charge is 2.27. The first-order chi connectivity index (χ1) is 14.4. The quantitative estimate of drug-likeness (QED) is 0.729. The number of carbonyl (C=O) groups excluding carboxylic acids is 2. The molecule has 158 valence electrons. The van der Waals surface area contributed by atoms with Gasteiger partial charge in [0.25, 0.3) is 11.8 Å². The average molecular weight is 429 g/mol. The van der Waals surface area contributed by atoms with Crippen LogP contribution in [0.5, 0.6) is 0 Å². The van der Waals surface area contributed by atoms with E-state index in [0.29, 0.717) is 43.1 Å². The first-order valence-corrected chi connectivity index (χ1v) is 11.3. The Balaban J connectivity index is 1.47. The van der Waals surface area contributed by atoms with E-state index in [-0.39, 0.29) is 16.8 Å². The van der Waals surface area contributed by atoms with Crippen molar-refractivity contribution in [3.8, 4) is 0 Å². The van der Waals surface area contributed by atoms with Crippen LogP contribution in [0.4, 0.5) is 5.69 Å². The van der Waals surface area contributed by atoms with Crippen LogP contribution in [0.2, 0.25) is 0 Å². The van der Waals surface area contributed by atoms with Crippen LogP contribution in [0.1, 0.15) is 33.6 Å². The SMILES string of the molecule is O=C(Nc1ccccc1C(=O)NC1CC1)c1ccc(S(=O)(=O)N2CCOCC2)cc1. The summed E-state index contributed by atoms with van der Waals surface area (Å²) in [6.07, 6.45) is 1.94. The Morgan fingerprint density at radius 3 is 2.27 bits per heavy atom. The van der Waals surface area contributed by atoms with Gasteiger partial charge in [0.1, 0.15) is 0 Å². The van der Waals surface area contributed by atoms with Crippen molar-refractivity contribution in [2.45, 2.75) is 23.8 Å². The highest BCUT2D eigenvalue weighted by molar-refractivity contribution is 7.89. The molecule has 0 atom stereocenters. The zero-order valence-corrected chi connectivity index (χ0v) is 17.2. The number of nitrogens with zero attached hydrogens (tertiary/aromatic N) is 1. The van der Waals surface area contributed by atoms with Gasteiger partial charge < -0.3 is 15.4 Å². The van der Waals surface area contributed by atoms with Gasteiger partial charge in [0.2, 0.25) is 10.0 Å². The summed E-state index contributed by atoms with van der Waals surface area (Å²) in [5.74, 6) is -0.641. The first-order valence-electron chi connectivity index (χ1n) is 9.84. The van der Waals surface area contributed by atoms with E-state index in [1.165, 1.54) is 28.6 Å². The number of hydrogen-bond donors (Lipinski definition) is 2. The Hall–Kier alpha value is -2.75. The first kappa shape index (κ1) is 20.5. The minimum atomic E-state index is -3.62. The van der Waals surface area contributed by atoms with Gasteiger partial charge in [0, 0.05) is 24.7 Å². The second-order valence-electron chi connectivity index (χ2n) is 7.29. The van der Waals surface area contributed by atoms with Crippen LogP contribution in [-0.4, -0.2) is 56.9 Å². The molecule has 2 aromatic carbocycles. The maximum Gasteiger partial charge on any atom is 0.255 e. The monoisotopic (exact) mass is 429 g/mol. The van der Waals surface area contributed by atoms with Gasteiger partial charge in [-0.3, -0.25) is 9.59 Å². The topological polar surface area (TPSA) is 105 Å². The van der Waals surface area contributed by atoms with E-state index in [2.05, 4.69) is 10.6 Å². The molecule has 0 bridgehead atoms. The molecule has 1 heterocycles. The predicted octanol–water partition coefficient (Wildman–Crippen LogP) is 1.85. The highest BCUT2D eigenvalue weighted by atomic mass is 32.2. The largest absolute Gasteiger partial charge is 0.379 e. The van der Waals surface area contributed by atoms with E-state index < -0.39 is 15.9 Å². The molecule has 8 nitrogen and oxygen atoms in total. The summed E-state index contributed by atoms with van der Waals surface area (Å²) in [6.45, 7) is 1.36. The molecule has 2 aromatic rings. The highest BCUT2D eigenvalue weighted by Crippen LogP contribution is 2.22. The fourth-order valence-electron chi connectivity index (χ4n) is 3.19. The number of para-hydroxylation sites is 1. The number of anilines is 1. The molecule has 1 saturated carbocycles. The molecular weight excluding hydrogens is 406 g/mol. The van der Waals surface area contributed by atoms with Crippen LogP contribution in [0.3, 0.4) is 0 Å². The molecule has 30 heavy (non-hydrogen) atoms. The normalized spacial score (nSPS) is 17.3. The minimum Gasteiger partial charge on any atom is -0.379 e. The van der Waals surface area contributed by atoms with Gasteiger partial charge in [-0.15, -0.1) is 0 Å². The molecule has 0 aromatic heterocycles. The van der Waals surface area contributed by atoms with E-state index in [1.807, 2.05) is 0 Å². The third-order valence-electron chi connectivity index (χ3n) is 5.06. The molecule has 4 rings (SSSR count). The van der Waals surface area contributed by atoms with Crippen LogP contribution in [0.15, 0.2) is 53.4 Å². The summed E-state index contributed by atoms with van der Waals surface area (Å²) in [6, 6.07) is 12.8. The second-order valence-corrected chi connectivity index (χ2v) is 9.23. The molecule has 2 aliphatic rings. The smallest absolute Gasteiger partial charge is 0.255 e. The van der Waals surface area contributed by atoms with Crippen LogP contribution >= 0.6 is 0 Å². The number of morpholine rings is 1. The van der Waals surface area contributed by atoms with Crippen molar-refractivity contribution in [3.05, 3.63) is 59.7 Å². The molecule has 0 spiro atoms. The van der Waals surface area contributed by atoms with Crippen LogP contribution in [-0.2, 0) is 14.8 Å². The van der Waals surface area contributed by atoms with Gasteiger partial charge in [-0.1, -0.05) is 12.1 Å². The Morgan fingerprint density at radius 1 is 0.933 bits per heavy atom. The number of sulfonamides is 1. The zero-order valence-electron chi connectivity index (χ0n) is 16.3. The standard InChI is InChI=1S/C21H23N3O5S/c25-20(23-19-4-2-1-3-18(19)21(26)22-16-7-8-16)15-5-9-17(10-6-15)30(27,28)24-11-13-29-14-12-24/h1-6,9-10,16H,7-8,11-14H2,(H,22,26)(H,23,25). The van der Waals surface area contributed by atoms with Gasteiger partial charge in [-0.2, -0.15) is 4.31 Å². The van der Waals surface area contributed by atoms with Crippen LogP contribution in [0.25, 0.3) is 0 Å². The lowest BCUT2D eigenvalue weighted by atomic mass is 10.1. The van der Waals surface area contributed by atoms with Crippen molar-refractivity contribution in [3.63, 3.8) is 0 Å². The number of amides is 2. The summed E-state index contributed by atoms with van der Waals surface area (Å²) in [5.41, 5.74) is 1.10. The number of hydrogen-bond acceptors (Lipinski definition) is 5. The van der Waals surface area contributed by atoms with Crippen molar-refractivity contribution < 1.29 is 22.7 Å². The fraction of sp³-hybridized carbons (Fsp3) is 0.333. The predicted molar refractivity (Wildman–Crippen MR) is 111 cm³/mol. The molecule has 9 heteroatoms. The Kier molecular flexibility index (Phi) is 5.85. The molecular formula is C21H23N3O5S. The maximum atomic E-state index is 12.7. The zero-order chi connectivity index (χ0) is 21.1. The van der Waals surface area contributed by atoms with E-state index in [1.54, 1.807) is 24.3 Å². The Morgan fingerprint density at radius 2 is 1.60 bits per heavy atom. The maximum absolute atomic E-state index is 12.7. The number of benzene rings is 2. The molecule has 1 saturated heterocycles. The molecule has 0 radical (unpaired) electrons. The number of carbonyl (C=O) groups is 2. The lowest BCUT2D eigenvalue weighted by molar-refractivity contribution is 0.0730. The lowest BCUT2D eigenvalue weighted by Gasteiger charge is -2.26. The van der Waals surface area contributed by atoms with Gasteiger partial charge in [-0.05, 0) is 49.2 Å². The third kappa shape index (κ3) is 4.53. The Bertz CT molecular complexity index is 1040. The van der Waals surface area contributed by atoms with Gasteiger partial charge >= 0.3 is 0 Å². The van der Waals surface area contributed by atoms with Gasteiger partial charge in [0.05, 0.1) is 29.4 Å². The van der Waals surface area contributed by atoms with E-state index in [0.717, 1.165) is 12.8 Å². The lowest BCUT2D eigenvalue weighted by Crippen LogP contribution is -2.40. The summed E-state index contributed by atoms with van der Waals surface area (Å²) < 4.78 is 32.0. The summed E-state index contributed by atoms with van der Waals surface area (Å²) in [4.78, 5) is 25.2. The summed E-state index contributed by atoms with van der Waals surface area (Å²) in [5, 5.41) is 5.66. The van der Waals surface area contributed by atoms with Crippen molar-refractivity contribution in [2.24, 2.45) is 0 Å². The number of nitrogens with one attached hydrogen (secondary N) is 2. The Labute approximate surface area is 175 Å². The summed E-state index contributed by atoms with van der Waals surface area (Å²) in [7, 11) is -3.62. The van der Waals surface area contributed by atoms with E-state index >= 15 is 0 Å². The van der Waals surface area contributed by atoms with Crippen LogP contribution < -0.4 is 10.6 Å². The van der Waals surface area contributed by atoms with Gasteiger partial charge in [0.15, 0.2) is 0 Å². The molecule has 2 fully saturated rings. The minimum absolute atomic E-state index is 0.130. The van der Waals surface area contributed by atoms with Crippen molar-refractivity contribution >= 4 is 27.5 Å². The van der Waals surface area contributed by atoms with E-state index in [9.17, 15) is 18.0 Å². The number of ether oxygens (including phenoxy) is 1. The molecule has 2 N–H and O–H groups in total. The third-order valence-corrected chi connectivity index (χ3v) is 6.97. The van der Waals surface area contributed by atoms with Crippen LogP contribution in [0, 0.1) is 0 Å². The van der Waals surface area contributed by atoms with E-state index in [4.69, 9.17) is 4.74 Å². The fourth-order valence-corrected chi connectivity index (χ4v) is 4.60. The average Bonchev–Trinajstić information content (AvgIpc) is 3.59. The summed E-state index contributed by atoms with van der Waals surface area (Å²) >= 11 is 0. The van der Waals surface area contributed by atoms with Crippen molar-refractivity contribution in [2.75, 3.05) is 31.6 Å². The molecule has 0 unspecified atom stereocenters. The van der Waals surface area contributed by atoms with Crippen molar-refractivity contribution in [1.82, 2.24) is 9.62 Å². The second kappa shape index (κ2) is 8.55. The molecule has 2 amide bonds. The van der Waals surface area contributed by atoms with Gasteiger partial charge in [-0.25, -0.2) is 8.42 Å². The number of rotatable bonds is 6. The molecule has 1 aliphatic carbocycles.